The quantitative estimate of drug-likeness (QED) is 0.804. The van der Waals surface area contributed by atoms with Crippen LogP contribution in [0.3, 0.4) is 0 Å². The van der Waals surface area contributed by atoms with E-state index in [1.807, 2.05) is 42.2 Å². The Labute approximate surface area is 167 Å². The van der Waals surface area contributed by atoms with E-state index >= 15 is 0 Å². The highest BCUT2D eigenvalue weighted by molar-refractivity contribution is 7.89. The van der Waals surface area contributed by atoms with Gasteiger partial charge in [-0.3, -0.25) is 9.69 Å². The van der Waals surface area contributed by atoms with Crippen LogP contribution in [0.25, 0.3) is 10.8 Å². The second kappa shape index (κ2) is 8.59. The summed E-state index contributed by atoms with van der Waals surface area (Å²) in [6, 6.07) is 12.7. The lowest BCUT2D eigenvalue weighted by Gasteiger charge is -2.36. The van der Waals surface area contributed by atoms with Gasteiger partial charge in [-0.25, -0.2) is 8.42 Å². The number of fused-ring (bicyclic) bond motifs is 1. The maximum atomic E-state index is 13.0. The lowest BCUT2D eigenvalue weighted by molar-refractivity contribution is -0.126. The monoisotopic (exact) mass is 403 g/mol. The van der Waals surface area contributed by atoms with Crippen molar-refractivity contribution >= 4 is 26.7 Å². The van der Waals surface area contributed by atoms with Crippen molar-refractivity contribution in [3.63, 3.8) is 0 Å². The van der Waals surface area contributed by atoms with Crippen molar-refractivity contribution in [3.8, 4) is 0 Å². The Morgan fingerprint density at radius 1 is 1.00 bits per heavy atom. The summed E-state index contributed by atoms with van der Waals surface area (Å²) in [5.74, 6) is 0.402. The van der Waals surface area contributed by atoms with E-state index in [-0.39, 0.29) is 11.9 Å². The van der Waals surface area contributed by atoms with Crippen molar-refractivity contribution in [2.75, 3.05) is 32.7 Å². The first-order valence-electron chi connectivity index (χ1n) is 9.80. The van der Waals surface area contributed by atoms with Gasteiger partial charge in [-0.15, -0.1) is 0 Å². The minimum absolute atomic E-state index is 0.000429. The number of benzene rings is 2. The normalized spacial score (nSPS) is 17.7. The van der Waals surface area contributed by atoms with Crippen LogP contribution in [-0.2, 0) is 14.8 Å². The van der Waals surface area contributed by atoms with Crippen LogP contribution in [0.2, 0.25) is 0 Å². The van der Waals surface area contributed by atoms with E-state index in [2.05, 4.69) is 19.2 Å². The number of amides is 1. The van der Waals surface area contributed by atoms with Crippen LogP contribution in [0.15, 0.2) is 47.4 Å². The highest BCUT2D eigenvalue weighted by atomic mass is 32.2. The van der Waals surface area contributed by atoms with Gasteiger partial charge in [0.2, 0.25) is 15.9 Å². The molecule has 1 aliphatic heterocycles. The van der Waals surface area contributed by atoms with Crippen LogP contribution < -0.4 is 5.32 Å². The highest BCUT2D eigenvalue weighted by Gasteiger charge is 2.31. The van der Waals surface area contributed by atoms with Crippen molar-refractivity contribution < 1.29 is 13.2 Å². The number of nitrogens with zero attached hydrogens (tertiary/aromatic N) is 2. The minimum atomic E-state index is -3.54. The van der Waals surface area contributed by atoms with Crippen LogP contribution in [0.5, 0.6) is 0 Å². The molecule has 152 valence electrons. The van der Waals surface area contributed by atoms with Crippen LogP contribution in [0.4, 0.5) is 0 Å². The molecule has 1 saturated heterocycles. The molecule has 0 saturated carbocycles. The molecule has 0 spiro atoms. The molecular weight excluding hydrogens is 374 g/mol. The third-order valence-corrected chi connectivity index (χ3v) is 7.14. The predicted molar refractivity (Wildman–Crippen MR) is 112 cm³/mol. The molecule has 1 fully saturated rings. The summed E-state index contributed by atoms with van der Waals surface area (Å²) in [6.45, 7) is 8.51. The van der Waals surface area contributed by atoms with Gasteiger partial charge in [0.25, 0.3) is 0 Å². The Morgan fingerprint density at radius 3 is 2.29 bits per heavy atom. The topological polar surface area (TPSA) is 69.7 Å². The van der Waals surface area contributed by atoms with Gasteiger partial charge in [0.1, 0.15) is 0 Å². The lowest BCUT2D eigenvalue weighted by atomic mass is 10.1. The Hall–Kier alpha value is -1.96. The second-order valence-corrected chi connectivity index (χ2v) is 9.70. The summed E-state index contributed by atoms with van der Waals surface area (Å²) < 4.78 is 27.6. The summed E-state index contributed by atoms with van der Waals surface area (Å²) in [5.41, 5.74) is 0. The first-order chi connectivity index (χ1) is 13.3. The third kappa shape index (κ3) is 4.54. The molecule has 0 bridgehead atoms. The lowest BCUT2D eigenvalue weighted by Crippen LogP contribution is -2.55. The summed E-state index contributed by atoms with van der Waals surface area (Å²) in [7, 11) is -3.54. The van der Waals surface area contributed by atoms with E-state index in [1.165, 1.54) is 4.31 Å². The molecule has 28 heavy (non-hydrogen) atoms. The number of sulfonamides is 1. The van der Waals surface area contributed by atoms with E-state index in [0.717, 1.165) is 10.8 Å². The highest BCUT2D eigenvalue weighted by Crippen LogP contribution is 2.23. The van der Waals surface area contributed by atoms with Gasteiger partial charge in [0.15, 0.2) is 0 Å². The molecular formula is C21H29N3O3S. The smallest absolute Gasteiger partial charge is 0.243 e. The summed E-state index contributed by atoms with van der Waals surface area (Å²) in [6.07, 6.45) is 0. The molecule has 1 unspecified atom stereocenters. The van der Waals surface area contributed by atoms with Gasteiger partial charge in [0, 0.05) is 32.7 Å². The van der Waals surface area contributed by atoms with E-state index < -0.39 is 10.0 Å². The molecule has 0 radical (unpaired) electrons. The zero-order valence-electron chi connectivity index (χ0n) is 16.8. The fraction of sp³-hybridized carbons (Fsp3) is 0.476. The van der Waals surface area contributed by atoms with Crippen molar-refractivity contribution in [3.05, 3.63) is 42.5 Å². The fourth-order valence-corrected chi connectivity index (χ4v) is 4.88. The van der Waals surface area contributed by atoms with Gasteiger partial charge in [0.05, 0.1) is 10.9 Å². The second-order valence-electron chi connectivity index (χ2n) is 7.76. The molecule has 1 aliphatic rings. The summed E-state index contributed by atoms with van der Waals surface area (Å²) in [5, 5.41) is 4.89. The molecule has 3 rings (SSSR count). The van der Waals surface area contributed by atoms with E-state index in [1.54, 1.807) is 12.1 Å². The maximum absolute atomic E-state index is 13.0. The molecule has 2 aromatic carbocycles. The number of piperazine rings is 1. The molecule has 0 aliphatic carbocycles. The number of carbonyl (C=O) groups excluding carboxylic acids is 1. The number of rotatable bonds is 6. The van der Waals surface area contributed by atoms with Crippen molar-refractivity contribution in [1.29, 1.82) is 0 Å². The zero-order chi connectivity index (χ0) is 20.3. The Bertz CT molecular complexity index is 935. The van der Waals surface area contributed by atoms with Gasteiger partial charge >= 0.3 is 0 Å². The minimum Gasteiger partial charge on any atom is -0.354 e. The Balaban J connectivity index is 1.65. The number of carbonyl (C=O) groups is 1. The molecule has 2 aromatic rings. The molecule has 1 heterocycles. The Morgan fingerprint density at radius 2 is 1.64 bits per heavy atom. The Kier molecular flexibility index (Phi) is 6.37. The van der Waals surface area contributed by atoms with E-state index in [0.29, 0.717) is 43.5 Å². The molecule has 1 N–H and O–H groups in total. The van der Waals surface area contributed by atoms with Crippen molar-refractivity contribution in [1.82, 2.24) is 14.5 Å². The van der Waals surface area contributed by atoms with Crippen LogP contribution in [0, 0.1) is 5.92 Å². The third-order valence-electron chi connectivity index (χ3n) is 5.24. The number of hydrogen-bond acceptors (Lipinski definition) is 4. The molecule has 1 atom stereocenters. The molecule has 7 heteroatoms. The molecule has 1 amide bonds. The SMILES string of the molecule is CC(C)CNC(=O)C(C)N1CCN(S(=O)(=O)c2ccc3ccccc3c2)CC1. The average molecular weight is 404 g/mol. The van der Waals surface area contributed by atoms with E-state index in [4.69, 9.17) is 0 Å². The largest absolute Gasteiger partial charge is 0.354 e. The van der Waals surface area contributed by atoms with Crippen LogP contribution >= 0.6 is 0 Å². The molecule has 6 nitrogen and oxygen atoms in total. The molecule has 0 aromatic heterocycles. The van der Waals surface area contributed by atoms with Gasteiger partial charge < -0.3 is 5.32 Å². The maximum Gasteiger partial charge on any atom is 0.243 e. The average Bonchev–Trinajstić information content (AvgIpc) is 2.71. The number of nitrogens with one attached hydrogen (secondary N) is 1. The van der Waals surface area contributed by atoms with Gasteiger partial charge in [-0.2, -0.15) is 4.31 Å². The first-order valence-corrected chi connectivity index (χ1v) is 11.2. The number of hydrogen-bond donors (Lipinski definition) is 1. The van der Waals surface area contributed by atoms with Crippen molar-refractivity contribution in [2.45, 2.75) is 31.7 Å². The summed E-state index contributed by atoms with van der Waals surface area (Å²) in [4.78, 5) is 14.7. The predicted octanol–water partition coefficient (Wildman–Crippen LogP) is 2.31. The van der Waals surface area contributed by atoms with Crippen LogP contribution in [-0.4, -0.2) is 62.3 Å². The zero-order valence-corrected chi connectivity index (χ0v) is 17.6. The van der Waals surface area contributed by atoms with Crippen LogP contribution in [0.1, 0.15) is 20.8 Å². The van der Waals surface area contributed by atoms with Gasteiger partial charge in [-0.1, -0.05) is 44.2 Å². The van der Waals surface area contributed by atoms with Crippen molar-refractivity contribution in [2.24, 2.45) is 5.92 Å². The van der Waals surface area contributed by atoms with Gasteiger partial charge in [-0.05, 0) is 35.7 Å². The standard InChI is InChI=1S/C21H29N3O3S/c1-16(2)15-22-21(25)17(3)23-10-12-24(13-11-23)28(26,27)20-9-8-18-6-4-5-7-19(18)14-20/h4-9,14,16-17H,10-13,15H2,1-3H3,(H,22,25). The fourth-order valence-electron chi connectivity index (χ4n) is 3.43. The van der Waals surface area contributed by atoms with E-state index in [9.17, 15) is 13.2 Å². The summed E-state index contributed by atoms with van der Waals surface area (Å²) >= 11 is 0. The first kappa shape index (κ1) is 20.8.